The van der Waals surface area contributed by atoms with Crippen LogP contribution in [0.15, 0.2) is 6.07 Å². The fourth-order valence-corrected chi connectivity index (χ4v) is 2.42. The molecule has 0 bridgehead atoms. The molecule has 1 aromatic rings. The SMILES string of the molecule is Cc1cc(C)c(C(=O)O)c(NC2CC(C)C2)n1. The van der Waals surface area contributed by atoms with Crippen molar-refractivity contribution < 1.29 is 9.90 Å². The summed E-state index contributed by atoms with van der Waals surface area (Å²) in [7, 11) is 0. The molecule has 92 valence electrons. The van der Waals surface area contributed by atoms with Gasteiger partial charge in [-0.2, -0.15) is 0 Å². The molecule has 0 spiro atoms. The lowest BCUT2D eigenvalue weighted by Gasteiger charge is -2.34. The van der Waals surface area contributed by atoms with Crippen molar-refractivity contribution in [2.24, 2.45) is 5.92 Å². The van der Waals surface area contributed by atoms with Crippen LogP contribution >= 0.6 is 0 Å². The van der Waals surface area contributed by atoms with E-state index in [1.807, 2.05) is 13.8 Å². The number of aryl methyl sites for hydroxylation is 2. The Labute approximate surface area is 101 Å². The molecular weight excluding hydrogens is 216 g/mol. The van der Waals surface area contributed by atoms with Gasteiger partial charge in [0.05, 0.1) is 0 Å². The van der Waals surface area contributed by atoms with Gasteiger partial charge in [-0.3, -0.25) is 0 Å². The highest BCUT2D eigenvalue weighted by atomic mass is 16.4. The topological polar surface area (TPSA) is 62.2 Å². The molecule has 0 amide bonds. The van der Waals surface area contributed by atoms with Gasteiger partial charge in [0.15, 0.2) is 0 Å². The Balaban J connectivity index is 2.27. The zero-order valence-corrected chi connectivity index (χ0v) is 10.4. The van der Waals surface area contributed by atoms with E-state index in [0.717, 1.165) is 30.0 Å². The Morgan fingerprint density at radius 1 is 1.47 bits per heavy atom. The number of nitrogens with zero attached hydrogens (tertiary/aromatic N) is 1. The smallest absolute Gasteiger partial charge is 0.339 e. The highest BCUT2D eigenvalue weighted by Gasteiger charge is 2.27. The predicted octanol–water partition coefficient (Wildman–Crippen LogP) is 2.61. The first kappa shape index (κ1) is 11.9. The molecule has 1 aliphatic carbocycles. The minimum Gasteiger partial charge on any atom is -0.478 e. The lowest BCUT2D eigenvalue weighted by molar-refractivity contribution is 0.0696. The van der Waals surface area contributed by atoms with Gasteiger partial charge < -0.3 is 10.4 Å². The summed E-state index contributed by atoms with van der Waals surface area (Å²) in [5, 5.41) is 12.5. The van der Waals surface area contributed by atoms with Gasteiger partial charge in [-0.25, -0.2) is 9.78 Å². The quantitative estimate of drug-likeness (QED) is 0.843. The van der Waals surface area contributed by atoms with Crippen LogP contribution in [-0.4, -0.2) is 22.1 Å². The first-order chi connectivity index (χ1) is 7.97. The van der Waals surface area contributed by atoms with Gasteiger partial charge in [0.1, 0.15) is 11.4 Å². The molecule has 4 nitrogen and oxygen atoms in total. The van der Waals surface area contributed by atoms with E-state index in [9.17, 15) is 9.90 Å². The van der Waals surface area contributed by atoms with E-state index < -0.39 is 5.97 Å². The number of carboxylic acids is 1. The molecule has 1 aliphatic rings. The van der Waals surface area contributed by atoms with Gasteiger partial charge in [-0.15, -0.1) is 0 Å². The van der Waals surface area contributed by atoms with E-state index in [2.05, 4.69) is 17.2 Å². The zero-order chi connectivity index (χ0) is 12.6. The summed E-state index contributed by atoms with van der Waals surface area (Å²) in [5.41, 5.74) is 1.91. The third kappa shape index (κ3) is 2.40. The van der Waals surface area contributed by atoms with Crippen LogP contribution in [0, 0.1) is 19.8 Å². The number of carboxylic acid groups (broad SMARTS) is 1. The van der Waals surface area contributed by atoms with Gasteiger partial charge in [0.25, 0.3) is 0 Å². The summed E-state index contributed by atoms with van der Waals surface area (Å²) in [5.74, 6) is 0.337. The van der Waals surface area contributed by atoms with Gasteiger partial charge in [-0.05, 0) is 44.2 Å². The highest BCUT2D eigenvalue weighted by Crippen LogP contribution is 2.30. The van der Waals surface area contributed by atoms with Gasteiger partial charge in [0, 0.05) is 11.7 Å². The third-order valence-electron chi connectivity index (χ3n) is 3.27. The number of hydrogen-bond donors (Lipinski definition) is 2. The Morgan fingerprint density at radius 3 is 2.65 bits per heavy atom. The number of hydrogen-bond acceptors (Lipinski definition) is 3. The van der Waals surface area contributed by atoms with Gasteiger partial charge >= 0.3 is 5.97 Å². The highest BCUT2D eigenvalue weighted by molar-refractivity contribution is 5.94. The van der Waals surface area contributed by atoms with Crippen LogP contribution < -0.4 is 5.32 Å². The van der Waals surface area contributed by atoms with Crippen LogP contribution in [-0.2, 0) is 0 Å². The van der Waals surface area contributed by atoms with Crippen molar-refractivity contribution in [2.75, 3.05) is 5.32 Å². The van der Waals surface area contributed by atoms with Crippen LogP contribution in [0.1, 0.15) is 41.4 Å². The molecule has 17 heavy (non-hydrogen) atoms. The fraction of sp³-hybridized carbons (Fsp3) is 0.538. The molecule has 0 radical (unpaired) electrons. The monoisotopic (exact) mass is 234 g/mol. The van der Waals surface area contributed by atoms with Crippen molar-refractivity contribution in [2.45, 2.75) is 39.7 Å². The van der Waals surface area contributed by atoms with Gasteiger partial charge in [0.2, 0.25) is 0 Å². The van der Waals surface area contributed by atoms with Crippen molar-refractivity contribution in [3.63, 3.8) is 0 Å². The summed E-state index contributed by atoms with van der Waals surface area (Å²) in [6.07, 6.45) is 2.18. The molecule has 4 heteroatoms. The standard InChI is InChI=1S/C13H18N2O2/c1-7-4-10(5-7)15-12-11(13(16)17)8(2)6-9(3)14-12/h6-7,10H,4-5H2,1-3H3,(H,14,15)(H,16,17). The largest absolute Gasteiger partial charge is 0.478 e. The van der Waals surface area contributed by atoms with Crippen LogP contribution in [0.25, 0.3) is 0 Å². The molecule has 0 aromatic carbocycles. The van der Waals surface area contributed by atoms with Crippen LogP contribution in [0.2, 0.25) is 0 Å². The van der Waals surface area contributed by atoms with Gasteiger partial charge in [-0.1, -0.05) is 6.92 Å². The van der Waals surface area contributed by atoms with E-state index in [1.165, 1.54) is 0 Å². The Kier molecular flexibility index (Phi) is 3.05. The molecule has 1 heterocycles. The second-order valence-electron chi connectivity index (χ2n) is 5.03. The molecule has 2 rings (SSSR count). The van der Waals surface area contributed by atoms with Crippen LogP contribution in [0.3, 0.4) is 0 Å². The van der Waals surface area contributed by atoms with Crippen LogP contribution in [0.4, 0.5) is 5.82 Å². The fourth-order valence-electron chi connectivity index (χ4n) is 2.42. The Hall–Kier alpha value is -1.58. The first-order valence-corrected chi connectivity index (χ1v) is 5.95. The average Bonchev–Trinajstić information content (AvgIpc) is 2.13. The van der Waals surface area contributed by atoms with E-state index in [-0.39, 0.29) is 0 Å². The number of nitrogens with one attached hydrogen (secondary N) is 1. The Bertz CT molecular complexity index is 451. The van der Waals surface area contributed by atoms with E-state index in [0.29, 0.717) is 17.4 Å². The molecule has 0 atom stereocenters. The lowest BCUT2D eigenvalue weighted by atomic mass is 9.82. The second kappa shape index (κ2) is 4.35. The lowest BCUT2D eigenvalue weighted by Crippen LogP contribution is -2.34. The Morgan fingerprint density at radius 2 is 2.12 bits per heavy atom. The summed E-state index contributed by atoms with van der Waals surface area (Å²) in [4.78, 5) is 15.5. The molecule has 1 fully saturated rings. The number of carbonyl (C=O) groups is 1. The maximum Gasteiger partial charge on any atom is 0.339 e. The zero-order valence-electron chi connectivity index (χ0n) is 10.4. The van der Waals surface area contributed by atoms with Crippen LogP contribution in [0.5, 0.6) is 0 Å². The number of pyridine rings is 1. The summed E-state index contributed by atoms with van der Waals surface area (Å²) in [6, 6.07) is 2.18. The maximum atomic E-state index is 11.2. The number of rotatable bonds is 3. The molecule has 0 unspecified atom stereocenters. The first-order valence-electron chi connectivity index (χ1n) is 5.95. The van der Waals surface area contributed by atoms with Crippen molar-refractivity contribution in [1.82, 2.24) is 4.98 Å². The molecule has 1 saturated carbocycles. The van der Waals surface area contributed by atoms with Crippen molar-refractivity contribution >= 4 is 11.8 Å². The molecule has 2 N–H and O–H groups in total. The number of anilines is 1. The van der Waals surface area contributed by atoms with Crippen molar-refractivity contribution in [1.29, 1.82) is 0 Å². The van der Waals surface area contributed by atoms with E-state index in [4.69, 9.17) is 0 Å². The summed E-state index contributed by atoms with van der Waals surface area (Å²) in [6.45, 7) is 5.89. The molecule has 0 aliphatic heterocycles. The number of aromatic nitrogens is 1. The molecular formula is C13H18N2O2. The van der Waals surface area contributed by atoms with Crippen molar-refractivity contribution in [3.8, 4) is 0 Å². The molecule has 1 aromatic heterocycles. The number of aromatic carboxylic acids is 1. The second-order valence-corrected chi connectivity index (χ2v) is 5.03. The van der Waals surface area contributed by atoms with E-state index in [1.54, 1.807) is 6.07 Å². The summed E-state index contributed by atoms with van der Waals surface area (Å²) >= 11 is 0. The predicted molar refractivity (Wildman–Crippen MR) is 66.5 cm³/mol. The minimum absolute atomic E-state index is 0.301. The summed E-state index contributed by atoms with van der Waals surface area (Å²) < 4.78 is 0. The average molecular weight is 234 g/mol. The maximum absolute atomic E-state index is 11.2. The third-order valence-corrected chi connectivity index (χ3v) is 3.27. The van der Waals surface area contributed by atoms with E-state index >= 15 is 0 Å². The normalized spacial score (nSPS) is 23.0. The molecule has 0 saturated heterocycles. The minimum atomic E-state index is -0.912. The van der Waals surface area contributed by atoms with Crippen molar-refractivity contribution in [3.05, 3.63) is 22.9 Å².